The zero-order valence-electron chi connectivity index (χ0n) is 12.6. The van der Waals surface area contributed by atoms with Crippen LogP contribution in [0.15, 0.2) is 48.1 Å². The third-order valence-electron chi connectivity index (χ3n) is 3.52. The molecule has 0 N–H and O–H groups in total. The first-order valence-corrected chi connectivity index (χ1v) is 8.20. The minimum atomic E-state index is -0.392. The predicted molar refractivity (Wildman–Crippen MR) is 91.4 cm³/mol. The zero-order valence-corrected chi connectivity index (χ0v) is 13.4. The monoisotopic (exact) mass is 325 g/mol. The molecule has 0 unspecified atom stereocenters. The third-order valence-corrected chi connectivity index (χ3v) is 4.39. The van der Waals surface area contributed by atoms with Gasteiger partial charge in [0, 0.05) is 41.0 Å². The fourth-order valence-corrected chi connectivity index (χ4v) is 3.29. The van der Waals surface area contributed by atoms with Crippen LogP contribution in [0.4, 0.5) is 5.69 Å². The number of aromatic nitrogens is 2. The lowest BCUT2D eigenvalue weighted by atomic mass is 10.1. The Morgan fingerprint density at radius 2 is 2.17 bits per heavy atom. The summed E-state index contributed by atoms with van der Waals surface area (Å²) in [5.41, 5.74) is 3.84. The standard InChI is InChI=1S/C17H15N3O2S/c1-2-4-12-7-8-18-10-15(12)17-19-16(11-23-17)13-5-3-6-14(9-13)20(21)22/h3,5-11H,2,4H2,1H3. The Kier molecular flexibility index (Phi) is 4.43. The van der Waals surface area contributed by atoms with Crippen LogP contribution in [0.3, 0.4) is 0 Å². The second-order valence-electron chi connectivity index (χ2n) is 5.13. The number of non-ortho nitro benzene ring substituents is 1. The van der Waals surface area contributed by atoms with E-state index in [2.05, 4.69) is 16.9 Å². The van der Waals surface area contributed by atoms with Gasteiger partial charge < -0.3 is 0 Å². The van der Waals surface area contributed by atoms with Gasteiger partial charge in [0.05, 0.1) is 10.6 Å². The molecule has 0 aliphatic rings. The van der Waals surface area contributed by atoms with Crippen molar-refractivity contribution in [3.63, 3.8) is 0 Å². The number of hydrogen-bond donors (Lipinski definition) is 0. The Hall–Kier alpha value is -2.60. The van der Waals surface area contributed by atoms with Gasteiger partial charge in [-0.15, -0.1) is 11.3 Å². The minimum absolute atomic E-state index is 0.0742. The lowest BCUT2D eigenvalue weighted by molar-refractivity contribution is -0.384. The summed E-state index contributed by atoms with van der Waals surface area (Å²) in [6.45, 7) is 2.14. The van der Waals surface area contributed by atoms with Crippen LogP contribution >= 0.6 is 11.3 Å². The lowest BCUT2D eigenvalue weighted by Gasteiger charge is -2.04. The molecule has 2 heterocycles. The van der Waals surface area contributed by atoms with Gasteiger partial charge in [-0.25, -0.2) is 4.98 Å². The normalized spacial score (nSPS) is 10.7. The number of nitro benzene ring substituents is 1. The Morgan fingerprint density at radius 1 is 1.30 bits per heavy atom. The van der Waals surface area contributed by atoms with E-state index in [0.29, 0.717) is 0 Å². The lowest BCUT2D eigenvalue weighted by Crippen LogP contribution is -1.91. The van der Waals surface area contributed by atoms with Crippen molar-refractivity contribution in [2.75, 3.05) is 0 Å². The molecule has 3 aromatic rings. The highest BCUT2D eigenvalue weighted by molar-refractivity contribution is 7.13. The molecular formula is C17H15N3O2S. The van der Waals surface area contributed by atoms with Crippen LogP contribution in [0.25, 0.3) is 21.8 Å². The van der Waals surface area contributed by atoms with Gasteiger partial charge >= 0.3 is 0 Å². The Bertz CT molecular complexity index is 845. The topological polar surface area (TPSA) is 68.9 Å². The molecule has 2 aromatic heterocycles. The third kappa shape index (κ3) is 3.27. The molecule has 0 aliphatic heterocycles. The second kappa shape index (κ2) is 6.66. The first kappa shape index (κ1) is 15.3. The number of aryl methyl sites for hydroxylation is 1. The Morgan fingerprint density at radius 3 is 2.96 bits per heavy atom. The first-order chi connectivity index (χ1) is 11.2. The van der Waals surface area contributed by atoms with Crippen LogP contribution in [-0.4, -0.2) is 14.9 Å². The van der Waals surface area contributed by atoms with E-state index in [1.165, 1.54) is 23.0 Å². The zero-order chi connectivity index (χ0) is 16.2. The second-order valence-corrected chi connectivity index (χ2v) is 5.99. The summed E-state index contributed by atoms with van der Waals surface area (Å²) < 4.78 is 0. The molecule has 0 radical (unpaired) electrons. The summed E-state index contributed by atoms with van der Waals surface area (Å²) in [7, 11) is 0. The van der Waals surface area contributed by atoms with Crippen molar-refractivity contribution in [3.8, 4) is 21.8 Å². The quantitative estimate of drug-likeness (QED) is 0.502. The number of benzene rings is 1. The van der Waals surface area contributed by atoms with Gasteiger partial charge in [-0.05, 0) is 18.1 Å². The number of hydrogen-bond acceptors (Lipinski definition) is 5. The van der Waals surface area contributed by atoms with Crippen LogP contribution in [0.2, 0.25) is 0 Å². The van der Waals surface area contributed by atoms with Crippen molar-refractivity contribution in [3.05, 3.63) is 63.8 Å². The van der Waals surface area contributed by atoms with E-state index >= 15 is 0 Å². The summed E-state index contributed by atoms with van der Waals surface area (Å²) >= 11 is 1.53. The largest absolute Gasteiger partial charge is 0.270 e. The van der Waals surface area contributed by atoms with E-state index in [4.69, 9.17) is 0 Å². The Balaban J connectivity index is 1.98. The number of thiazole rings is 1. The molecule has 0 spiro atoms. The van der Waals surface area contributed by atoms with E-state index in [9.17, 15) is 10.1 Å². The van der Waals surface area contributed by atoms with Crippen molar-refractivity contribution in [2.24, 2.45) is 0 Å². The summed E-state index contributed by atoms with van der Waals surface area (Å²) in [4.78, 5) is 19.4. The summed E-state index contributed by atoms with van der Waals surface area (Å²) in [6.07, 6.45) is 5.66. The van der Waals surface area contributed by atoms with Crippen LogP contribution in [0.5, 0.6) is 0 Å². The van der Waals surface area contributed by atoms with E-state index in [-0.39, 0.29) is 5.69 Å². The van der Waals surface area contributed by atoms with Gasteiger partial charge in [0.15, 0.2) is 0 Å². The molecule has 0 atom stereocenters. The first-order valence-electron chi connectivity index (χ1n) is 7.32. The molecule has 0 saturated carbocycles. The molecule has 3 rings (SSSR count). The molecule has 116 valence electrons. The fourth-order valence-electron chi connectivity index (χ4n) is 2.41. The SMILES string of the molecule is CCCc1ccncc1-c1nc(-c2cccc([N+](=O)[O-])c2)cs1. The van der Waals surface area contributed by atoms with Gasteiger partial charge in [0.2, 0.25) is 0 Å². The highest BCUT2D eigenvalue weighted by atomic mass is 32.1. The maximum Gasteiger partial charge on any atom is 0.270 e. The van der Waals surface area contributed by atoms with Crippen LogP contribution < -0.4 is 0 Å². The molecule has 1 aromatic carbocycles. The number of pyridine rings is 1. The number of nitrogens with zero attached hydrogens (tertiary/aromatic N) is 3. The van der Waals surface area contributed by atoms with Gasteiger partial charge in [0.1, 0.15) is 5.01 Å². The highest BCUT2D eigenvalue weighted by Crippen LogP contribution is 2.32. The average molecular weight is 325 g/mol. The highest BCUT2D eigenvalue weighted by Gasteiger charge is 2.12. The van der Waals surface area contributed by atoms with Crippen molar-refractivity contribution in [1.29, 1.82) is 0 Å². The van der Waals surface area contributed by atoms with Gasteiger partial charge in [0.25, 0.3) is 5.69 Å². The Labute approximate surface area is 137 Å². The van der Waals surface area contributed by atoms with E-state index in [1.807, 2.05) is 23.7 Å². The molecule has 0 bridgehead atoms. The summed E-state index contributed by atoms with van der Waals surface area (Å²) in [5.74, 6) is 0. The van der Waals surface area contributed by atoms with Crippen molar-refractivity contribution in [2.45, 2.75) is 19.8 Å². The van der Waals surface area contributed by atoms with E-state index in [1.54, 1.807) is 18.3 Å². The predicted octanol–water partition coefficient (Wildman–Crippen LogP) is 4.73. The van der Waals surface area contributed by atoms with E-state index < -0.39 is 4.92 Å². The van der Waals surface area contributed by atoms with Crippen LogP contribution in [0.1, 0.15) is 18.9 Å². The fraction of sp³-hybridized carbons (Fsp3) is 0.176. The number of nitro groups is 1. The summed E-state index contributed by atoms with van der Waals surface area (Å²) in [6, 6.07) is 8.57. The maximum absolute atomic E-state index is 10.9. The molecule has 23 heavy (non-hydrogen) atoms. The molecule has 0 amide bonds. The molecule has 0 saturated heterocycles. The van der Waals surface area contributed by atoms with Crippen molar-refractivity contribution in [1.82, 2.24) is 9.97 Å². The van der Waals surface area contributed by atoms with Crippen LogP contribution in [0, 0.1) is 10.1 Å². The van der Waals surface area contributed by atoms with Gasteiger partial charge in [-0.3, -0.25) is 15.1 Å². The smallest absolute Gasteiger partial charge is 0.264 e. The number of rotatable bonds is 5. The van der Waals surface area contributed by atoms with Crippen molar-refractivity contribution >= 4 is 17.0 Å². The molecular weight excluding hydrogens is 310 g/mol. The van der Waals surface area contributed by atoms with E-state index in [0.717, 1.165) is 34.7 Å². The van der Waals surface area contributed by atoms with Crippen molar-refractivity contribution < 1.29 is 4.92 Å². The molecule has 0 fully saturated rings. The van der Waals surface area contributed by atoms with Crippen LogP contribution in [-0.2, 0) is 6.42 Å². The van der Waals surface area contributed by atoms with Gasteiger partial charge in [-0.2, -0.15) is 0 Å². The maximum atomic E-state index is 10.9. The molecule has 5 nitrogen and oxygen atoms in total. The molecule has 0 aliphatic carbocycles. The molecule has 6 heteroatoms. The van der Waals surface area contributed by atoms with Gasteiger partial charge in [-0.1, -0.05) is 25.5 Å². The summed E-state index contributed by atoms with van der Waals surface area (Å²) in [5, 5.41) is 13.7. The average Bonchev–Trinajstić information content (AvgIpc) is 3.06. The minimum Gasteiger partial charge on any atom is -0.264 e.